The smallest absolute Gasteiger partial charge is 0.241 e. The number of nitrogens with one attached hydrogen (secondary N) is 1. The van der Waals surface area contributed by atoms with E-state index in [1.807, 2.05) is 54.8 Å². The molecule has 0 bridgehead atoms. The van der Waals surface area contributed by atoms with Crippen molar-refractivity contribution in [1.82, 2.24) is 4.98 Å². The Morgan fingerprint density at radius 2 is 1.71 bits per heavy atom. The summed E-state index contributed by atoms with van der Waals surface area (Å²) >= 11 is 1.39. The molecule has 0 aliphatic carbocycles. The van der Waals surface area contributed by atoms with Crippen LogP contribution in [0.25, 0.3) is 11.3 Å². The number of thiazole rings is 1. The first-order valence-corrected chi connectivity index (χ1v) is 12.1. The van der Waals surface area contributed by atoms with E-state index in [0.717, 1.165) is 17.7 Å². The number of nitrogens with zero attached hydrogens (tertiary/aromatic N) is 1. The Balaban J connectivity index is 1.75. The summed E-state index contributed by atoms with van der Waals surface area (Å²) in [5, 5.41) is 25.1. The molecule has 0 spiro atoms. The summed E-state index contributed by atoms with van der Waals surface area (Å²) in [7, 11) is 0. The zero-order chi connectivity index (χ0) is 24.3. The van der Waals surface area contributed by atoms with Crippen LogP contribution in [-0.4, -0.2) is 21.1 Å². The third kappa shape index (κ3) is 4.82. The minimum Gasteiger partial charge on any atom is -0.504 e. The molecule has 0 saturated heterocycles. The Morgan fingerprint density at radius 1 is 1.00 bits per heavy atom. The van der Waals surface area contributed by atoms with Gasteiger partial charge in [0.1, 0.15) is 10.4 Å². The zero-order valence-electron chi connectivity index (χ0n) is 19.4. The highest BCUT2D eigenvalue weighted by atomic mass is 32.1. The van der Waals surface area contributed by atoms with Gasteiger partial charge in [-0.25, -0.2) is 4.98 Å². The minimum atomic E-state index is -1.03. The Kier molecular flexibility index (Phi) is 6.70. The normalized spacial score (nSPS) is 12.9. The lowest BCUT2D eigenvalue weighted by molar-refractivity contribution is -0.119. The molecule has 0 fully saturated rings. The van der Waals surface area contributed by atoms with E-state index in [4.69, 9.17) is 4.98 Å². The Morgan fingerprint density at radius 3 is 2.35 bits per heavy atom. The quantitative estimate of drug-likeness (QED) is 0.273. The van der Waals surface area contributed by atoms with Crippen molar-refractivity contribution in [3.63, 3.8) is 0 Å². The van der Waals surface area contributed by atoms with Crippen molar-refractivity contribution < 1.29 is 15.0 Å². The van der Waals surface area contributed by atoms with E-state index in [-0.39, 0.29) is 17.4 Å². The third-order valence-corrected chi connectivity index (χ3v) is 6.93. The molecule has 5 nitrogen and oxygen atoms in total. The van der Waals surface area contributed by atoms with Crippen LogP contribution in [0, 0.1) is 5.92 Å². The first-order valence-electron chi connectivity index (χ1n) is 11.2. The Bertz CT molecular complexity index is 1280. The van der Waals surface area contributed by atoms with Gasteiger partial charge in [-0.15, -0.1) is 11.3 Å². The molecule has 0 saturated carbocycles. The van der Waals surface area contributed by atoms with Gasteiger partial charge in [0.15, 0.2) is 11.5 Å². The predicted octanol–water partition coefficient (Wildman–Crippen LogP) is 6.36. The topological polar surface area (TPSA) is 82.5 Å². The van der Waals surface area contributed by atoms with Crippen molar-refractivity contribution in [3.05, 3.63) is 94.3 Å². The molecular formula is C28H28N2O3S. The first kappa shape index (κ1) is 23.5. The molecule has 3 aromatic carbocycles. The number of phenolic OH excluding ortho intramolecular Hbond substituents is 2. The summed E-state index contributed by atoms with van der Waals surface area (Å²) in [5.74, 6) is -0.0308. The van der Waals surface area contributed by atoms with E-state index in [1.165, 1.54) is 29.0 Å². The molecule has 1 amide bonds. The predicted molar refractivity (Wildman–Crippen MR) is 137 cm³/mol. The molecule has 4 rings (SSSR count). The number of hydrogen-bond acceptors (Lipinski definition) is 5. The number of hydrogen-bond donors (Lipinski definition) is 3. The standard InChI is InChI=1S/C28H28N2O3S/c1-18(2)15-19-9-12-21(13-10-19)28(3,26(33)29-22-7-5-4-6-8-22)27-30-23(17-34-27)20-11-14-24(31)25(32)16-20/h4-14,16-18,31-32H,15H2,1-3H3,(H,29,33). The number of aromatic hydroxyl groups is 2. The maximum Gasteiger partial charge on any atom is 0.241 e. The average molecular weight is 473 g/mol. The fourth-order valence-electron chi connectivity index (χ4n) is 3.89. The van der Waals surface area contributed by atoms with Crippen molar-refractivity contribution >= 4 is 22.9 Å². The van der Waals surface area contributed by atoms with Gasteiger partial charge in [0.2, 0.25) is 5.91 Å². The molecule has 34 heavy (non-hydrogen) atoms. The number of phenols is 2. The molecule has 0 aliphatic rings. The van der Waals surface area contributed by atoms with Crippen molar-refractivity contribution in [2.45, 2.75) is 32.6 Å². The summed E-state index contributed by atoms with van der Waals surface area (Å²) in [4.78, 5) is 18.5. The number of benzene rings is 3. The zero-order valence-corrected chi connectivity index (χ0v) is 20.3. The van der Waals surface area contributed by atoms with Crippen LogP contribution in [0.1, 0.15) is 36.9 Å². The Hall–Kier alpha value is -3.64. The molecule has 1 atom stereocenters. The van der Waals surface area contributed by atoms with Gasteiger partial charge in [-0.3, -0.25) is 4.79 Å². The summed E-state index contributed by atoms with van der Waals surface area (Å²) < 4.78 is 0. The van der Waals surface area contributed by atoms with Crippen LogP contribution >= 0.6 is 11.3 Å². The second-order valence-corrected chi connectivity index (χ2v) is 9.84. The van der Waals surface area contributed by atoms with E-state index >= 15 is 0 Å². The van der Waals surface area contributed by atoms with Crippen LogP contribution in [0.15, 0.2) is 78.2 Å². The van der Waals surface area contributed by atoms with E-state index in [9.17, 15) is 15.0 Å². The summed E-state index contributed by atoms with van der Waals surface area (Å²) in [5.41, 5.74) is 3.05. The van der Waals surface area contributed by atoms with Crippen molar-refractivity contribution in [3.8, 4) is 22.8 Å². The molecule has 1 unspecified atom stereocenters. The van der Waals surface area contributed by atoms with Gasteiger partial charge < -0.3 is 15.5 Å². The largest absolute Gasteiger partial charge is 0.504 e. The second kappa shape index (κ2) is 9.69. The molecular weight excluding hydrogens is 444 g/mol. The highest BCUT2D eigenvalue weighted by Crippen LogP contribution is 2.38. The highest BCUT2D eigenvalue weighted by Gasteiger charge is 2.40. The maximum absolute atomic E-state index is 13.7. The van der Waals surface area contributed by atoms with Crippen molar-refractivity contribution in [2.75, 3.05) is 5.32 Å². The third-order valence-electron chi connectivity index (χ3n) is 5.86. The first-order chi connectivity index (χ1) is 16.3. The average Bonchev–Trinajstić information content (AvgIpc) is 3.32. The fourth-order valence-corrected chi connectivity index (χ4v) is 4.90. The number of carbonyl (C=O) groups excluding carboxylic acids is 1. The van der Waals surface area contributed by atoms with Gasteiger partial charge >= 0.3 is 0 Å². The number of carbonyl (C=O) groups is 1. The van der Waals surface area contributed by atoms with Crippen LogP contribution < -0.4 is 5.32 Å². The van der Waals surface area contributed by atoms with Gasteiger partial charge in [-0.05, 0) is 60.7 Å². The number of rotatable bonds is 7. The van der Waals surface area contributed by atoms with Crippen molar-refractivity contribution in [2.24, 2.45) is 5.92 Å². The van der Waals surface area contributed by atoms with E-state index in [1.54, 1.807) is 6.07 Å². The highest BCUT2D eigenvalue weighted by molar-refractivity contribution is 7.10. The van der Waals surface area contributed by atoms with Crippen LogP contribution in [0.5, 0.6) is 11.5 Å². The molecule has 0 radical (unpaired) electrons. The lowest BCUT2D eigenvalue weighted by atomic mass is 9.81. The Labute approximate surface area is 203 Å². The molecule has 3 N–H and O–H groups in total. The molecule has 4 aromatic rings. The number of anilines is 1. The lowest BCUT2D eigenvalue weighted by Gasteiger charge is -2.27. The molecule has 6 heteroatoms. The van der Waals surface area contributed by atoms with Crippen LogP contribution in [0.3, 0.4) is 0 Å². The molecule has 1 aromatic heterocycles. The molecule has 0 aliphatic heterocycles. The molecule has 1 heterocycles. The summed E-state index contributed by atoms with van der Waals surface area (Å²) in [6.07, 6.45) is 0.971. The van der Waals surface area contributed by atoms with E-state index in [2.05, 4.69) is 31.3 Å². The van der Waals surface area contributed by atoms with Crippen LogP contribution in [0.2, 0.25) is 0 Å². The summed E-state index contributed by atoms with van der Waals surface area (Å²) in [6.45, 7) is 6.26. The van der Waals surface area contributed by atoms with Crippen LogP contribution in [-0.2, 0) is 16.6 Å². The van der Waals surface area contributed by atoms with Gasteiger partial charge in [-0.1, -0.05) is 56.3 Å². The number of para-hydroxylation sites is 1. The van der Waals surface area contributed by atoms with Crippen molar-refractivity contribution in [1.29, 1.82) is 0 Å². The van der Waals surface area contributed by atoms with E-state index < -0.39 is 5.41 Å². The SMILES string of the molecule is CC(C)Cc1ccc(C(C)(C(=O)Nc2ccccc2)c2nc(-c3ccc(O)c(O)c3)cs2)cc1. The fraction of sp³-hybridized carbons (Fsp3) is 0.214. The second-order valence-electron chi connectivity index (χ2n) is 8.98. The summed E-state index contributed by atoms with van der Waals surface area (Å²) in [6, 6.07) is 22.1. The lowest BCUT2D eigenvalue weighted by Crippen LogP contribution is -2.38. The maximum atomic E-state index is 13.7. The van der Waals surface area contributed by atoms with Gasteiger partial charge in [-0.2, -0.15) is 0 Å². The van der Waals surface area contributed by atoms with Gasteiger partial charge in [0, 0.05) is 16.6 Å². The number of aromatic nitrogens is 1. The van der Waals surface area contributed by atoms with E-state index in [0.29, 0.717) is 22.2 Å². The molecule has 174 valence electrons. The minimum absolute atomic E-state index is 0.176. The van der Waals surface area contributed by atoms with Gasteiger partial charge in [0.25, 0.3) is 0 Å². The van der Waals surface area contributed by atoms with Crippen LogP contribution in [0.4, 0.5) is 5.69 Å². The van der Waals surface area contributed by atoms with Gasteiger partial charge in [0.05, 0.1) is 5.69 Å². The number of amides is 1. The monoisotopic (exact) mass is 472 g/mol.